The first-order chi connectivity index (χ1) is 11.1. The molecule has 0 aliphatic rings. The summed E-state index contributed by atoms with van der Waals surface area (Å²) in [7, 11) is 0. The van der Waals surface area contributed by atoms with Gasteiger partial charge in [-0.2, -0.15) is 0 Å². The molecule has 0 spiro atoms. The Labute approximate surface area is 136 Å². The van der Waals surface area contributed by atoms with Gasteiger partial charge < -0.3 is 19.8 Å². The lowest BCUT2D eigenvalue weighted by Gasteiger charge is -2.13. The molecule has 0 fully saturated rings. The summed E-state index contributed by atoms with van der Waals surface area (Å²) in [6.45, 7) is 1.37. The molecular weight excluding hydrogens is 320 g/mol. The van der Waals surface area contributed by atoms with Crippen LogP contribution in [0.1, 0.15) is 22.4 Å². The average Bonchev–Trinajstić information content (AvgIpc) is 3.22. The molecule has 0 radical (unpaired) electrons. The molecule has 23 heavy (non-hydrogen) atoms. The predicted molar refractivity (Wildman–Crippen MR) is 82.8 cm³/mol. The number of carbonyl (C=O) groups is 3. The molecule has 2 aromatic heterocycles. The molecule has 0 aromatic carbocycles. The highest BCUT2D eigenvalue weighted by Gasteiger charge is 2.18. The van der Waals surface area contributed by atoms with Crippen molar-refractivity contribution in [1.29, 1.82) is 0 Å². The lowest BCUT2D eigenvalue weighted by atomic mass is 10.3. The van der Waals surface area contributed by atoms with Gasteiger partial charge in [0.05, 0.1) is 17.7 Å². The smallest absolute Gasteiger partial charge is 0.326 e. The van der Waals surface area contributed by atoms with Crippen LogP contribution in [-0.2, 0) is 20.9 Å². The molecule has 2 amide bonds. The van der Waals surface area contributed by atoms with Gasteiger partial charge in [-0.05, 0) is 30.5 Å². The number of nitrogens with one attached hydrogen (secondary N) is 2. The zero-order chi connectivity index (χ0) is 16.7. The number of hydrogen-bond acceptors (Lipinski definition) is 6. The first-order valence-corrected chi connectivity index (χ1v) is 7.75. The molecule has 2 N–H and O–H groups in total. The molecule has 1 atom stereocenters. The van der Waals surface area contributed by atoms with Crippen LogP contribution in [0.15, 0.2) is 40.3 Å². The van der Waals surface area contributed by atoms with Gasteiger partial charge in [0.15, 0.2) is 6.10 Å². The predicted octanol–water partition coefficient (Wildman–Crippen LogP) is 1.32. The minimum absolute atomic E-state index is 0.211. The SMILES string of the molecule is CC(OC(=O)CNC(=O)c1cccs1)C(=O)NCc1ccco1. The van der Waals surface area contributed by atoms with Crippen molar-refractivity contribution in [3.63, 3.8) is 0 Å². The molecule has 2 aromatic rings. The van der Waals surface area contributed by atoms with E-state index in [1.807, 2.05) is 0 Å². The Balaban J connectivity index is 1.69. The third kappa shape index (κ3) is 5.26. The molecule has 1 unspecified atom stereocenters. The Bertz CT molecular complexity index is 651. The third-order valence-corrected chi connectivity index (χ3v) is 3.70. The van der Waals surface area contributed by atoms with Crippen LogP contribution in [0.5, 0.6) is 0 Å². The molecule has 0 bridgehead atoms. The summed E-state index contributed by atoms with van der Waals surface area (Å²) in [5, 5.41) is 6.78. The van der Waals surface area contributed by atoms with Crippen LogP contribution >= 0.6 is 11.3 Å². The van der Waals surface area contributed by atoms with E-state index >= 15 is 0 Å². The monoisotopic (exact) mass is 336 g/mol. The van der Waals surface area contributed by atoms with Crippen LogP contribution in [0, 0.1) is 0 Å². The van der Waals surface area contributed by atoms with Crippen molar-refractivity contribution in [2.45, 2.75) is 19.6 Å². The highest BCUT2D eigenvalue weighted by molar-refractivity contribution is 7.12. The summed E-state index contributed by atoms with van der Waals surface area (Å²) >= 11 is 1.27. The van der Waals surface area contributed by atoms with Crippen molar-refractivity contribution in [3.05, 3.63) is 46.5 Å². The Morgan fingerprint density at radius 2 is 2.09 bits per heavy atom. The fraction of sp³-hybridized carbons (Fsp3) is 0.267. The minimum Gasteiger partial charge on any atom is -0.467 e. The van der Waals surface area contributed by atoms with Gasteiger partial charge >= 0.3 is 5.97 Å². The van der Waals surface area contributed by atoms with Gasteiger partial charge in [-0.25, -0.2) is 0 Å². The van der Waals surface area contributed by atoms with Gasteiger partial charge in [-0.1, -0.05) is 6.07 Å². The Hall–Kier alpha value is -2.61. The number of hydrogen-bond donors (Lipinski definition) is 2. The van der Waals surface area contributed by atoms with Crippen molar-refractivity contribution in [2.75, 3.05) is 6.54 Å². The average molecular weight is 336 g/mol. The molecule has 122 valence electrons. The highest BCUT2D eigenvalue weighted by atomic mass is 32.1. The van der Waals surface area contributed by atoms with Gasteiger partial charge in [0.2, 0.25) is 0 Å². The van der Waals surface area contributed by atoms with Gasteiger partial charge in [-0.15, -0.1) is 11.3 Å². The topological polar surface area (TPSA) is 97.6 Å². The van der Waals surface area contributed by atoms with Crippen molar-refractivity contribution >= 4 is 29.1 Å². The van der Waals surface area contributed by atoms with Crippen LogP contribution in [0.25, 0.3) is 0 Å². The van der Waals surface area contributed by atoms with Gasteiger partial charge in [0.25, 0.3) is 11.8 Å². The van der Waals surface area contributed by atoms with E-state index in [4.69, 9.17) is 9.15 Å². The van der Waals surface area contributed by atoms with Gasteiger partial charge in [0.1, 0.15) is 12.3 Å². The number of amides is 2. The number of rotatable bonds is 7. The zero-order valence-electron chi connectivity index (χ0n) is 12.4. The molecule has 0 saturated carbocycles. The molecule has 7 nitrogen and oxygen atoms in total. The second-order valence-electron chi connectivity index (χ2n) is 4.59. The highest BCUT2D eigenvalue weighted by Crippen LogP contribution is 2.07. The normalized spacial score (nSPS) is 11.5. The quantitative estimate of drug-likeness (QED) is 0.743. The van der Waals surface area contributed by atoms with Crippen LogP contribution in [0.3, 0.4) is 0 Å². The molecular formula is C15H16N2O5S. The summed E-state index contributed by atoms with van der Waals surface area (Å²) in [6.07, 6.45) is 0.539. The summed E-state index contributed by atoms with van der Waals surface area (Å²) in [6, 6.07) is 6.82. The Kier molecular flexibility index (Phi) is 5.93. The summed E-state index contributed by atoms with van der Waals surface area (Å²) in [4.78, 5) is 35.6. The summed E-state index contributed by atoms with van der Waals surface area (Å²) in [5.74, 6) is -0.887. The maximum absolute atomic E-state index is 11.8. The molecule has 0 aliphatic heterocycles. The first-order valence-electron chi connectivity index (χ1n) is 6.87. The Morgan fingerprint density at radius 1 is 1.26 bits per heavy atom. The van der Waals surface area contributed by atoms with Crippen molar-refractivity contribution in [2.24, 2.45) is 0 Å². The van der Waals surface area contributed by atoms with E-state index in [0.29, 0.717) is 10.6 Å². The second-order valence-corrected chi connectivity index (χ2v) is 5.54. The van der Waals surface area contributed by atoms with Gasteiger partial charge in [-0.3, -0.25) is 14.4 Å². The van der Waals surface area contributed by atoms with Crippen molar-refractivity contribution in [1.82, 2.24) is 10.6 Å². The first kappa shape index (κ1) is 16.8. The van der Waals surface area contributed by atoms with Crippen molar-refractivity contribution in [3.8, 4) is 0 Å². The summed E-state index contributed by atoms with van der Waals surface area (Å²) in [5.41, 5.74) is 0. The van der Waals surface area contributed by atoms with E-state index in [0.717, 1.165) is 0 Å². The van der Waals surface area contributed by atoms with Gasteiger partial charge in [0, 0.05) is 0 Å². The number of ether oxygens (including phenoxy) is 1. The molecule has 8 heteroatoms. The van der Waals surface area contributed by atoms with Crippen LogP contribution < -0.4 is 10.6 Å². The zero-order valence-corrected chi connectivity index (χ0v) is 13.2. The van der Waals surface area contributed by atoms with Crippen LogP contribution in [0.4, 0.5) is 0 Å². The fourth-order valence-electron chi connectivity index (χ4n) is 1.67. The van der Waals surface area contributed by atoms with E-state index in [2.05, 4.69) is 10.6 Å². The number of carbonyl (C=O) groups excluding carboxylic acids is 3. The number of furan rings is 1. The summed E-state index contributed by atoms with van der Waals surface area (Å²) < 4.78 is 10.0. The number of esters is 1. The minimum atomic E-state index is -0.962. The fourth-order valence-corrected chi connectivity index (χ4v) is 2.31. The maximum Gasteiger partial charge on any atom is 0.326 e. The van der Waals surface area contributed by atoms with E-state index in [1.54, 1.807) is 29.6 Å². The lowest BCUT2D eigenvalue weighted by molar-refractivity contribution is -0.153. The van der Waals surface area contributed by atoms with Crippen LogP contribution in [0.2, 0.25) is 0 Å². The van der Waals surface area contributed by atoms with E-state index in [-0.39, 0.29) is 19.0 Å². The van der Waals surface area contributed by atoms with Crippen molar-refractivity contribution < 1.29 is 23.5 Å². The maximum atomic E-state index is 11.8. The lowest BCUT2D eigenvalue weighted by Crippen LogP contribution is -2.38. The van der Waals surface area contributed by atoms with E-state index in [1.165, 1.54) is 24.5 Å². The Morgan fingerprint density at radius 3 is 2.74 bits per heavy atom. The third-order valence-electron chi connectivity index (χ3n) is 2.83. The van der Waals surface area contributed by atoms with E-state index in [9.17, 15) is 14.4 Å². The van der Waals surface area contributed by atoms with Crippen LogP contribution in [-0.4, -0.2) is 30.4 Å². The van der Waals surface area contributed by atoms with E-state index < -0.39 is 18.0 Å². The standard InChI is InChI=1S/C15H16N2O5S/c1-10(14(19)16-8-11-4-2-6-21-11)22-13(18)9-17-15(20)12-5-3-7-23-12/h2-7,10H,8-9H2,1H3,(H,16,19)(H,17,20). The largest absolute Gasteiger partial charge is 0.467 e. The number of thiophene rings is 1. The molecule has 2 rings (SSSR count). The molecule has 0 saturated heterocycles. The molecule has 2 heterocycles. The molecule has 0 aliphatic carbocycles. The second kappa shape index (κ2) is 8.14.